The number of hydrogen-bond donors (Lipinski definition) is 4. The summed E-state index contributed by atoms with van der Waals surface area (Å²) in [6.45, 7) is 1.00. The zero-order chi connectivity index (χ0) is 14.1. The maximum atomic E-state index is 12.4. The Morgan fingerprint density at radius 1 is 1.30 bits per heavy atom. The van der Waals surface area contributed by atoms with Crippen molar-refractivity contribution >= 4 is 17.5 Å². The Morgan fingerprint density at radius 3 is 2.75 bits per heavy atom. The standard InChI is InChI=1S/C14H20N4O2/c15-13(19)11-6-9(7-17-11)18-14(20)10-2-1-5-16-12(10)8-3-4-8/h6-8,10,12,16-17H,1-5H2,(H2,15,19)(H,18,20)/t10-,12-/m1/s1. The molecule has 5 N–H and O–H groups in total. The fourth-order valence-electron chi connectivity index (χ4n) is 3.00. The van der Waals surface area contributed by atoms with Gasteiger partial charge in [0.25, 0.3) is 5.91 Å². The summed E-state index contributed by atoms with van der Waals surface area (Å²) >= 11 is 0. The van der Waals surface area contributed by atoms with Gasteiger partial charge in [-0.25, -0.2) is 0 Å². The van der Waals surface area contributed by atoms with Crippen molar-refractivity contribution in [1.82, 2.24) is 10.3 Å². The molecule has 1 aliphatic carbocycles. The predicted molar refractivity (Wildman–Crippen MR) is 75.2 cm³/mol. The van der Waals surface area contributed by atoms with E-state index in [1.165, 1.54) is 12.8 Å². The van der Waals surface area contributed by atoms with Gasteiger partial charge in [-0.2, -0.15) is 0 Å². The highest BCUT2D eigenvalue weighted by Crippen LogP contribution is 2.38. The monoisotopic (exact) mass is 276 g/mol. The van der Waals surface area contributed by atoms with Gasteiger partial charge >= 0.3 is 0 Å². The number of anilines is 1. The second-order valence-electron chi connectivity index (χ2n) is 5.72. The molecule has 1 aromatic heterocycles. The van der Waals surface area contributed by atoms with Crippen molar-refractivity contribution in [3.05, 3.63) is 18.0 Å². The molecule has 108 valence electrons. The number of rotatable bonds is 4. The van der Waals surface area contributed by atoms with Crippen LogP contribution in [0.1, 0.15) is 36.2 Å². The number of carbonyl (C=O) groups is 2. The van der Waals surface area contributed by atoms with Crippen LogP contribution in [0.15, 0.2) is 12.3 Å². The molecule has 3 rings (SSSR count). The van der Waals surface area contributed by atoms with Crippen LogP contribution in [0.5, 0.6) is 0 Å². The number of hydrogen-bond acceptors (Lipinski definition) is 3. The van der Waals surface area contributed by atoms with Crippen molar-refractivity contribution < 1.29 is 9.59 Å². The quantitative estimate of drug-likeness (QED) is 0.655. The van der Waals surface area contributed by atoms with E-state index in [1.807, 2.05) is 0 Å². The Balaban J connectivity index is 1.66. The number of piperidine rings is 1. The zero-order valence-corrected chi connectivity index (χ0v) is 11.3. The van der Waals surface area contributed by atoms with Crippen LogP contribution >= 0.6 is 0 Å². The Kier molecular flexibility index (Phi) is 3.48. The van der Waals surface area contributed by atoms with Gasteiger partial charge in [0.1, 0.15) is 5.69 Å². The number of amides is 2. The molecule has 2 fully saturated rings. The van der Waals surface area contributed by atoms with Crippen LogP contribution in [0.2, 0.25) is 0 Å². The Morgan fingerprint density at radius 2 is 2.10 bits per heavy atom. The molecule has 2 amide bonds. The van der Waals surface area contributed by atoms with Gasteiger partial charge in [0, 0.05) is 12.2 Å². The molecule has 6 heteroatoms. The zero-order valence-electron chi connectivity index (χ0n) is 11.3. The number of primary amides is 1. The van der Waals surface area contributed by atoms with E-state index in [1.54, 1.807) is 12.3 Å². The molecular formula is C14H20N4O2. The molecule has 2 aliphatic rings. The van der Waals surface area contributed by atoms with Gasteiger partial charge < -0.3 is 21.4 Å². The van der Waals surface area contributed by atoms with E-state index in [9.17, 15) is 9.59 Å². The van der Waals surface area contributed by atoms with Crippen molar-refractivity contribution in [3.8, 4) is 0 Å². The van der Waals surface area contributed by atoms with Gasteiger partial charge in [-0.3, -0.25) is 9.59 Å². The van der Waals surface area contributed by atoms with Crippen LogP contribution in [0.4, 0.5) is 5.69 Å². The normalized spacial score (nSPS) is 26.2. The average Bonchev–Trinajstić information content (AvgIpc) is 3.18. The molecule has 1 saturated carbocycles. The van der Waals surface area contributed by atoms with Crippen LogP contribution in [-0.4, -0.2) is 29.4 Å². The van der Waals surface area contributed by atoms with E-state index in [2.05, 4.69) is 15.6 Å². The molecular weight excluding hydrogens is 256 g/mol. The van der Waals surface area contributed by atoms with Crippen molar-refractivity contribution in [2.24, 2.45) is 17.6 Å². The highest BCUT2D eigenvalue weighted by molar-refractivity contribution is 5.96. The topological polar surface area (TPSA) is 100 Å². The molecule has 0 bridgehead atoms. The fraction of sp³-hybridized carbons (Fsp3) is 0.571. The summed E-state index contributed by atoms with van der Waals surface area (Å²) in [4.78, 5) is 26.2. The fourth-order valence-corrected chi connectivity index (χ4v) is 3.00. The molecule has 0 aromatic carbocycles. The maximum absolute atomic E-state index is 12.4. The summed E-state index contributed by atoms with van der Waals surface area (Å²) in [5.74, 6) is 0.173. The van der Waals surface area contributed by atoms with Gasteiger partial charge in [-0.05, 0) is 44.2 Å². The summed E-state index contributed by atoms with van der Waals surface area (Å²) < 4.78 is 0. The third-order valence-corrected chi connectivity index (χ3v) is 4.19. The van der Waals surface area contributed by atoms with E-state index in [-0.39, 0.29) is 11.8 Å². The van der Waals surface area contributed by atoms with Crippen LogP contribution in [0, 0.1) is 11.8 Å². The minimum absolute atomic E-state index is 0.0168. The lowest BCUT2D eigenvalue weighted by atomic mass is 9.87. The first-order valence-corrected chi connectivity index (χ1v) is 7.17. The highest BCUT2D eigenvalue weighted by Gasteiger charge is 2.40. The van der Waals surface area contributed by atoms with Crippen LogP contribution < -0.4 is 16.4 Å². The first-order chi connectivity index (χ1) is 9.65. The number of H-pyrrole nitrogens is 1. The first kappa shape index (κ1) is 13.2. The lowest BCUT2D eigenvalue weighted by Crippen LogP contribution is -2.47. The van der Waals surface area contributed by atoms with Crippen LogP contribution in [0.25, 0.3) is 0 Å². The van der Waals surface area contributed by atoms with E-state index in [0.717, 1.165) is 19.4 Å². The maximum Gasteiger partial charge on any atom is 0.265 e. The number of aromatic nitrogens is 1. The highest BCUT2D eigenvalue weighted by atomic mass is 16.2. The minimum atomic E-state index is -0.527. The second-order valence-corrected chi connectivity index (χ2v) is 5.72. The lowest BCUT2D eigenvalue weighted by molar-refractivity contribution is -0.121. The summed E-state index contributed by atoms with van der Waals surface area (Å²) in [5.41, 5.74) is 6.09. The Bertz CT molecular complexity index is 521. The Hall–Kier alpha value is -1.82. The molecule has 20 heavy (non-hydrogen) atoms. The lowest BCUT2D eigenvalue weighted by Gasteiger charge is -2.31. The van der Waals surface area contributed by atoms with E-state index >= 15 is 0 Å². The summed E-state index contributed by atoms with van der Waals surface area (Å²) in [6, 6.07) is 1.88. The number of aromatic amines is 1. The third-order valence-electron chi connectivity index (χ3n) is 4.19. The van der Waals surface area contributed by atoms with Crippen molar-refractivity contribution in [2.45, 2.75) is 31.7 Å². The van der Waals surface area contributed by atoms with E-state index in [0.29, 0.717) is 23.3 Å². The van der Waals surface area contributed by atoms with Gasteiger partial charge in [-0.1, -0.05) is 0 Å². The van der Waals surface area contributed by atoms with E-state index < -0.39 is 5.91 Å². The van der Waals surface area contributed by atoms with Gasteiger partial charge in [0.15, 0.2) is 0 Å². The minimum Gasteiger partial charge on any atom is -0.364 e. The largest absolute Gasteiger partial charge is 0.364 e. The van der Waals surface area contributed by atoms with Crippen molar-refractivity contribution in [3.63, 3.8) is 0 Å². The predicted octanol–water partition coefficient (Wildman–Crippen LogP) is 0.830. The molecule has 2 atom stereocenters. The average molecular weight is 276 g/mol. The molecule has 0 radical (unpaired) electrons. The van der Waals surface area contributed by atoms with Crippen molar-refractivity contribution in [1.29, 1.82) is 0 Å². The molecule has 1 aliphatic heterocycles. The van der Waals surface area contributed by atoms with Crippen molar-refractivity contribution in [2.75, 3.05) is 11.9 Å². The SMILES string of the molecule is NC(=O)c1cc(NC(=O)[C@@H]2CCCN[C@@H]2C2CC2)c[nH]1. The molecule has 0 spiro atoms. The summed E-state index contributed by atoms with van der Waals surface area (Å²) in [6.07, 6.45) is 5.99. The first-order valence-electron chi connectivity index (χ1n) is 7.17. The van der Waals surface area contributed by atoms with E-state index in [4.69, 9.17) is 5.73 Å². The number of nitrogens with one attached hydrogen (secondary N) is 3. The second kappa shape index (κ2) is 5.28. The summed E-state index contributed by atoms with van der Waals surface area (Å²) in [7, 11) is 0. The Labute approximate surface area is 117 Å². The van der Waals surface area contributed by atoms with Crippen LogP contribution in [0.3, 0.4) is 0 Å². The number of nitrogens with two attached hydrogens (primary N) is 1. The van der Waals surface area contributed by atoms with Gasteiger partial charge in [0.05, 0.1) is 11.6 Å². The molecule has 1 saturated heterocycles. The molecule has 6 nitrogen and oxygen atoms in total. The summed E-state index contributed by atoms with van der Waals surface area (Å²) in [5, 5.41) is 6.36. The molecule has 0 unspecified atom stereocenters. The van der Waals surface area contributed by atoms with Gasteiger partial charge in [-0.15, -0.1) is 0 Å². The molecule has 2 heterocycles. The smallest absolute Gasteiger partial charge is 0.265 e. The van der Waals surface area contributed by atoms with Crippen LogP contribution in [-0.2, 0) is 4.79 Å². The number of carbonyl (C=O) groups excluding carboxylic acids is 2. The van der Waals surface area contributed by atoms with Gasteiger partial charge in [0.2, 0.25) is 5.91 Å². The third kappa shape index (κ3) is 2.70. The molecule has 1 aromatic rings.